The van der Waals surface area contributed by atoms with Crippen LogP contribution >= 0.6 is 11.3 Å². The van der Waals surface area contributed by atoms with E-state index in [2.05, 4.69) is 32.4 Å². The summed E-state index contributed by atoms with van der Waals surface area (Å²) < 4.78 is 39.6. The standard InChI is InChI=1S/C19H19F3N4S/c20-19(21,22)18-23-16-6-2-1-5-15(16)17(24-18)26-11-9-25(10-12-26)8-7-14-4-3-13-27-14/h1-6,13H,7-12H2. The van der Waals surface area contributed by atoms with Crippen molar-refractivity contribution >= 4 is 28.1 Å². The van der Waals surface area contributed by atoms with Gasteiger partial charge in [-0.05, 0) is 30.0 Å². The molecule has 1 aliphatic rings. The van der Waals surface area contributed by atoms with Gasteiger partial charge in [-0.25, -0.2) is 9.97 Å². The number of hydrogen-bond donors (Lipinski definition) is 0. The first-order valence-corrected chi connectivity index (χ1v) is 9.72. The van der Waals surface area contributed by atoms with E-state index in [1.807, 2.05) is 4.90 Å². The van der Waals surface area contributed by atoms with E-state index in [-0.39, 0.29) is 0 Å². The first-order chi connectivity index (χ1) is 13.0. The number of para-hydroxylation sites is 1. The third-order valence-corrected chi connectivity index (χ3v) is 5.70. The summed E-state index contributed by atoms with van der Waals surface area (Å²) in [7, 11) is 0. The summed E-state index contributed by atoms with van der Waals surface area (Å²) in [6.07, 6.45) is -3.55. The molecule has 0 aliphatic carbocycles. The summed E-state index contributed by atoms with van der Waals surface area (Å²) in [5.74, 6) is -0.692. The van der Waals surface area contributed by atoms with E-state index in [4.69, 9.17) is 0 Å². The zero-order valence-corrected chi connectivity index (χ0v) is 15.4. The predicted molar refractivity (Wildman–Crippen MR) is 101 cm³/mol. The Labute approximate surface area is 159 Å². The maximum absolute atomic E-state index is 13.2. The van der Waals surface area contributed by atoms with Gasteiger partial charge in [0.15, 0.2) is 0 Å². The van der Waals surface area contributed by atoms with Gasteiger partial charge < -0.3 is 4.90 Å². The zero-order valence-electron chi connectivity index (χ0n) is 14.6. The van der Waals surface area contributed by atoms with Gasteiger partial charge in [0.05, 0.1) is 5.52 Å². The van der Waals surface area contributed by atoms with Gasteiger partial charge >= 0.3 is 6.18 Å². The third kappa shape index (κ3) is 4.06. The Morgan fingerprint density at radius 1 is 0.963 bits per heavy atom. The first kappa shape index (κ1) is 18.2. The molecule has 0 unspecified atom stereocenters. The lowest BCUT2D eigenvalue weighted by molar-refractivity contribution is -0.144. The number of alkyl halides is 3. The molecule has 4 rings (SSSR count). The molecule has 3 aromatic rings. The lowest BCUT2D eigenvalue weighted by atomic mass is 10.2. The lowest BCUT2D eigenvalue weighted by Crippen LogP contribution is -2.47. The highest BCUT2D eigenvalue weighted by molar-refractivity contribution is 7.09. The molecule has 1 fully saturated rings. The monoisotopic (exact) mass is 392 g/mol. The summed E-state index contributed by atoms with van der Waals surface area (Å²) in [5.41, 5.74) is 0.329. The van der Waals surface area contributed by atoms with Crippen LogP contribution in [0.4, 0.5) is 19.0 Å². The van der Waals surface area contributed by atoms with Crippen LogP contribution in [-0.2, 0) is 12.6 Å². The van der Waals surface area contributed by atoms with Crippen LogP contribution in [0.1, 0.15) is 10.7 Å². The number of aromatic nitrogens is 2. The largest absolute Gasteiger partial charge is 0.451 e. The van der Waals surface area contributed by atoms with Crippen LogP contribution in [0.15, 0.2) is 41.8 Å². The predicted octanol–water partition coefficient (Wildman–Crippen LogP) is 4.07. The minimum atomic E-state index is -4.55. The van der Waals surface area contributed by atoms with Crippen molar-refractivity contribution in [1.82, 2.24) is 14.9 Å². The molecule has 1 saturated heterocycles. The SMILES string of the molecule is FC(F)(F)c1nc(N2CCN(CCc3cccs3)CC2)c2ccccc2n1. The van der Waals surface area contributed by atoms with E-state index in [0.29, 0.717) is 29.8 Å². The van der Waals surface area contributed by atoms with Gasteiger partial charge in [0.2, 0.25) is 5.82 Å². The Kier molecular flexibility index (Phi) is 5.01. The van der Waals surface area contributed by atoms with Crippen molar-refractivity contribution in [1.29, 1.82) is 0 Å². The molecule has 0 atom stereocenters. The highest BCUT2D eigenvalue weighted by Crippen LogP contribution is 2.32. The van der Waals surface area contributed by atoms with Gasteiger partial charge in [-0.15, -0.1) is 11.3 Å². The molecule has 8 heteroatoms. The minimum absolute atomic E-state index is 0.329. The number of thiophene rings is 1. The summed E-state index contributed by atoms with van der Waals surface area (Å²) in [6, 6.07) is 11.1. The van der Waals surface area contributed by atoms with E-state index in [9.17, 15) is 13.2 Å². The fraction of sp³-hybridized carbons (Fsp3) is 0.368. The van der Waals surface area contributed by atoms with Gasteiger partial charge in [0.1, 0.15) is 5.82 Å². The number of piperazine rings is 1. The molecule has 3 heterocycles. The molecule has 1 aliphatic heterocycles. The second-order valence-electron chi connectivity index (χ2n) is 6.54. The van der Waals surface area contributed by atoms with Crippen LogP contribution in [0.2, 0.25) is 0 Å². The zero-order chi connectivity index (χ0) is 18.9. The maximum atomic E-state index is 13.2. The molecule has 0 radical (unpaired) electrons. The van der Waals surface area contributed by atoms with Crippen molar-refractivity contribution in [2.24, 2.45) is 0 Å². The van der Waals surface area contributed by atoms with Crippen LogP contribution < -0.4 is 4.90 Å². The van der Waals surface area contributed by atoms with E-state index >= 15 is 0 Å². The van der Waals surface area contributed by atoms with Crippen molar-refractivity contribution in [3.05, 3.63) is 52.5 Å². The van der Waals surface area contributed by atoms with Crippen LogP contribution in [0.3, 0.4) is 0 Å². The number of fused-ring (bicyclic) bond motifs is 1. The molecule has 142 valence electrons. The van der Waals surface area contributed by atoms with Gasteiger partial charge in [-0.3, -0.25) is 4.90 Å². The average molecular weight is 392 g/mol. The first-order valence-electron chi connectivity index (χ1n) is 8.84. The molecule has 0 bridgehead atoms. The van der Waals surface area contributed by atoms with Gasteiger partial charge in [0.25, 0.3) is 0 Å². The van der Waals surface area contributed by atoms with Gasteiger partial charge in [-0.1, -0.05) is 18.2 Å². The van der Waals surface area contributed by atoms with Crippen molar-refractivity contribution in [3.8, 4) is 0 Å². The summed E-state index contributed by atoms with van der Waals surface area (Å²) in [5, 5.41) is 2.74. The number of nitrogens with zero attached hydrogens (tertiary/aromatic N) is 4. The number of benzene rings is 1. The Morgan fingerprint density at radius 2 is 1.74 bits per heavy atom. The number of hydrogen-bond acceptors (Lipinski definition) is 5. The van der Waals surface area contributed by atoms with Crippen LogP contribution in [-0.4, -0.2) is 47.6 Å². The highest BCUT2D eigenvalue weighted by Gasteiger charge is 2.36. The fourth-order valence-electron chi connectivity index (χ4n) is 3.33. The maximum Gasteiger partial charge on any atom is 0.451 e. The van der Waals surface area contributed by atoms with Crippen molar-refractivity contribution < 1.29 is 13.2 Å². The molecule has 27 heavy (non-hydrogen) atoms. The average Bonchev–Trinajstić information content (AvgIpc) is 3.19. The van der Waals surface area contributed by atoms with Crippen molar-refractivity contribution in [2.75, 3.05) is 37.6 Å². The Hall–Kier alpha value is -2.19. The molecule has 0 amide bonds. The summed E-state index contributed by atoms with van der Waals surface area (Å²) in [6.45, 7) is 3.90. The summed E-state index contributed by atoms with van der Waals surface area (Å²) >= 11 is 1.75. The molecule has 1 aromatic carbocycles. The molecule has 4 nitrogen and oxygen atoms in total. The second kappa shape index (κ2) is 7.44. The van der Waals surface area contributed by atoms with E-state index in [1.54, 1.807) is 35.6 Å². The Morgan fingerprint density at radius 3 is 2.44 bits per heavy atom. The minimum Gasteiger partial charge on any atom is -0.353 e. The molecular weight excluding hydrogens is 373 g/mol. The molecule has 0 N–H and O–H groups in total. The quantitative estimate of drug-likeness (QED) is 0.670. The van der Waals surface area contributed by atoms with E-state index in [0.717, 1.165) is 26.1 Å². The molecule has 0 saturated carbocycles. The summed E-state index contributed by atoms with van der Waals surface area (Å²) in [4.78, 5) is 13.2. The topological polar surface area (TPSA) is 32.3 Å². The lowest BCUT2D eigenvalue weighted by Gasteiger charge is -2.36. The van der Waals surface area contributed by atoms with Crippen LogP contribution in [0, 0.1) is 0 Å². The highest BCUT2D eigenvalue weighted by atomic mass is 32.1. The smallest absolute Gasteiger partial charge is 0.353 e. The van der Waals surface area contributed by atoms with Crippen LogP contribution in [0.25, 0.3) is 10.9 Å². The second-order valence-corrected chi connectivity index (χ2v) is 7.58. The molecule has 2 aromatic heterocycles. The van der Waals surface area contributed by atoms with Crippen molar-refractivity contribution in [2.45, 2.75) is 12.6 Å². The Bertz CT molecular complexity index is 903. The normalized spacial score (nSPS) is 16.2. The van der Waals surface area contributed by atoms with Crippen LogP contribution in [0.5, 0.6) is 0 Å². The van der Waals surface area contributed by atoms with Gasteiger partial charge in [-0.2, -0.15) is 13.2 Å². The molecular formula is C19H19F3N4S. The third-order valence-electron chi connectivity index (χ3n) is 4.76. The van der Waals surface area contributed by atoms with E-state index in [1.165, 1.54) is 4.88 Å². The number of halogens is 3. The van der Waals surface area contributed by atoms with Gasteiger partial charge in [0, 0.05) is 43.0 Å². The Balaban J connectivity index is 1.51. The number of rotatable bonds is 4. The molecule has 0 spiro atoms. The fourth-order valence-corrected chi connectivity index (χ4v) is 4.03. The van der Waals surface area contributed by atoms with E-state index < -0.39 is 12.0 Å². The van der Waals surface area contributed by atoms with Crippen molar-refractivity contribution in [3.63, 3.8) is 0 Å². The number of anilines is 1.